The van der Waals surface area contributed by atoms with Gasteiger partial charge in [-0.1, -0.05) is 12.1 Å². The van der Waals surface area contributed by atoms with Gasteiger partial charge in [0.1, 0.15) is 0 Å². The summed E-state index contributed by atoms with van der Waals surface area (Å²) < 4.78 is 1.13. The van der Waals surface area contributed by atoms with E-state index in [1.165, 1.54) is 42.4 Å². The predicted octanol–water partition coefficient (Wildman–Crippen LogP) is 4.45. The zero-order chi connectivity index (χ0) is 11.0. The second kappa shape index (κ2) is 4.30. The van der Waals surface area contributed by atoms with Gasteiger partial charge in [-0.2, -0.15) is 0 Å². The van der Waals surface area contributed by atoms with Gasteiger partial charge in [0.25, 0.3) is 0 Å². The number of aryl methyl sites for hydroxylation is 2. The van der Waals surface area contributed by atoms with Crippen LogP contribution < -0.4 is 0 Å². The van der Waals surface area contributed by atoms with Crippen molar-refractivity contribution < 1.29 is 0 Å². The van der Waals surface area contributed by atoms with Crippen molar-refractivity contribution in [3.05, 3.63) is 38.6 Å². The van der Waals surface area contributed by atoms with E-state index in [1.807, 2.05) is 5.51 Å². The largest absolute Gasteiger partial charge is 0.243 e. The van der Waals surface area contributed by atoms with E-state index in [0.29, 0.717) is 0 Å². The maximum Gasteiger partial charge on any atom is 0.0976 e. The van der Waals surface area contributed by atoms with Gasteiger partial charge in [-0.15, -0.1) is 11.3 Å². The number of rotatable bonds is 1. The molecule has 0 bridgehead atoms. The normalized spacial score (nSPS) is 14.8. The van der Waals surface area contributed by atoms with Crippen molar-refractivity contribution in [2.75, 3.05) is 0 Å². The highest BCUT2D eigenvalue weighted by Crippen LogP contribution is 2.32. The summed E-state index contributed by atoms with van der Waals surface area (Å²) in [4.78, 5) is 4.41. The van der Waals surface area contributed by atoms with E-state index in [-0.39, 0.29) is 0 Å². The Kier molecular flexibility index (Phi) is 2.82. The van der Waals surface area contributed by atoms with E-state index in [9.17, 15) is 0 Å². The fraction of sp³-hybridized carbons (Fsp3) is 0.308. The molecule has 0 N–H and O–H groups in total. The van der Waals surface area contributed by atoms with E-state index in [1.54, 1.807) is 11.3 Å². The summed E-state index contributed by atoms with van der Waals surface area (Å²) in [5.74, 6) is 0. The van der Waals surface area contributed by atoms with Crippen molar-refractivity contribution in [3.8, 4) is 11.3 Å². The molecular formula is C13H12BrNS. The number of nitrogens with zero attached hydrogens (tertiary/aromatic N) is 1. The molecule has 0 radical (unpaired) electrons. The Morgan fingerprint density at radius 3 is 2.69 bits per heavy atom. The van der Waals surface area contributed by atoms with Crippen LogP contribution in [0.4, 0.5) is 0 Å². The van der Waals surface area contributed by atoms with E-state index >= 15 is 0 Å². The molecule has 0 amide bonds. The molecule has 1 aliphatic carbocycles. The van der Waals surface area contributed by atoms with Crippen molar-refractivity contribution >= 4 is 27.3 Å². The third-order valence-corrected chi connectivity index (χ3v) is 4.69. The zero-order valence-corrected chi connectivity index (χ0v) is 11.3. The fourth-order valence-corrected chi connectivity index (χ4v) is 3.42. The van der Waals surface area contributed by atoms with Gasteiger partial charge in [0.15, 0.2) is 0 Å². The van der Waals surface area contributed by atoms with Gasteiger partial charge < -0.3 is 0 Å². The highest BCUT2D eigenvalue weighted by atomic mass is 79.9. The first kappa shape index (κ1) is 10.5. The molecule has 1 nitrogen and oxygen atoms in total. The van der Waals surface area contributed by atoms with Crippen LogP contribution in [0.25, 0.3) is 11.3 Å². The molecule has 0 aliphatic heterocycles. The number of fused-ring (bicyclic) bond motifs is 1. The lowest BCUT2D eigenvalue weighted by molar-refractivity contribution is 0.686. The van der Waals surface area contributed by atoms with Gasteiger partial charge >= 0.3 is 0 Å². The molecule has 1 aromatic carbocycles. The molecule has 1 heterocycles. The number of hydrogen-bond acceptors (Lipinski definition) is 2. The first-order valence-electron chi connectivity index (χ1n) is 5.56. The van der Waals surface area contributed by atoms with Crippen molar-refractivity contribution in [1.82, 2.24) is 4.98 Å². The lowest BCUT2D eigenvalue weighted by atomic mass is 9.90. The monoisotopic (exact) mass is 293 g/mol. The van der Waals surface area contributed by atoms with Crippen LogP contribution in [0.3, 0.4) is 0 Å². The lowest BCUT2D eigenvalue weighted by Crippen LogP contribution is -2.02. The van der Waals surface area contributed by atoms with Crippen molar-refractivity contribution in [2.24, 2.45) is 0 Å². The molecule has 0 atom stereocenters. The molecule has 0 saturated carbocycles. The molecule has 1 aromatic heterocycles. The first-order chi connectivity index (χ1) is 7.84. The van der Waals surface area contributed by atoms with Crippen LogP contribution in [0, 0.1) is 0 Å². The van der Waals surface area contributed by atoms with E-state index in [4.69, 9.17) is 0 Å². The van der Waals surface area contributed by atoms with E-state index < -0.39 is 0 Å². The summed E-state index contributed by atoms with van der Waals surface area (Å²) >= 11 is 5.20. The molecule has 2 aromatic rings. The maximum absolute atomic E-state index is 4.41. The molecule has 3 heteroatoms. The van der Waals surface area contributed by atoms with Crippen molar-refractivity contribution in [1.29, 1.82) is 0 Å². The maximum atomic E-state index is 4.41. The summed E-state index contributed by atoms with van der Waals surface area (Å²) in [7, 11) is 0. The zero-order valence-electron chi connectivity index (χ0n) is 8.87. The number of halogens is 1. The smallest absolute Gasteiger partial charge is 0.0976 e. The van der Waals surface area contributed by atoms with Gasteiger partial charge in [-0.25, -0.2) is 4.98 Å². The molecule has 3 rings (SSSR count). The molecule has 1 aliphatic rings. The average molecular weight is 294 g/mol. The van der Waals surface area contributed by atoms with Gasteiger partial charge in [0, 0.05) is 5.56 Å². The van der Waals surface area contributed by atoms with E-state index in [2.05, 4.69) is 39.1 Å². The summed E-state index contributed by atoms with van der Waals surface area (Å²) in [6.07, 6.45) is 5.14. The Balaban J connectivity index is 2.06. The van der Waals surface area contributed by atoms with Crippen LogP contribution in [-0.2, 0) is 12.8 Å². The number of benzene rings is 1. The fourth-order valence-electron chi connectivity index (χ4n) is 2.30. The molecule has 0 fully saturated rings. The molecule has 82 valence electrons. The molecular weight excluding hydrogens is 282 g/mol. The highest BCUT2D eigenvalue weighted by molar-refractivity contribution is 9.11. The Hall–Kier alpha value is -0.670. The number of hydrogen-bond donors (Lipinski definition) is 0. The van der Waals surface area contributed by atoms with Crippen LogP contribution >= 0.6 is 27.3 Å². The van der Waals surface area contributed by atoms with E-state index in [0.717, 1.165) is 9.48 Å². The summed E-state index contributed by atoms with van der Waals surface area (Å²) in [5.41, 5.74) is 7.26. The summed E-state index contributed by atoms with van der Waals surface area (Å²) in [5, 5.41) is 0. The van der Waals surface area contributed by atoms with Crippen LogP contribution in [0.15, 0.2) is 27.5 Å². The molecule has 16 heavy (non-hydrogen) atoms. The Morgan fingerprint density at radius 2 is 1.94 bits per heavy atom. The second-order valence-electron chi connectivity index (χ2n) is 4.17. The van der Waals surface area contributed by atoms with Crippen LogP contribution in [-0.4, -0.2) is 4.98 Å². The summed E-state index contributed by atoms with van der Waals surface area (Å²) in [6, 6.07) is 6.79. The minimum atomic E-state index is 1.08. The van der Waals surface area contributed by atoms with Crippen LogP contribution in [0.5, 0.6) is 0 Å². The number of aromatic nitrogens is 1. The third kappa shape index (κ3) is 1.82. The number of thiazole rings is 1. The van der Waals surface area contributed by atoms with Crippen molar-refractivity contribution in [3.63, 3.8) is 0 Å². The van der Waals surface area contributed by atoms with Crippen LogP contribution in [0.2, 0.25) is 0 Å². The molecule has 0 spiro atoms. The van der Waals surface area contributed by atoms with Crippen LogP contribution in [0.1, 0.15) is 24.0 Å². The molecule has 0 unspecified atom stereocenters. The predicted molar refractivity (Wildman–Crippen MR) is 71.9 cm³/mol. The topological polar surface area (TPSA) is 12.9 Å². The van der Waals surface area contributed by atoms with Gasteiger partial charge in [0.2, 0.25) is 0 Å². The minimum absolute atomic E-state index is 1.08. The SMILES string of the molecule is Brc1scnc1-c1ccc2c(c1)CCCC2. The van der Waals surface area contributed by atoms with Crippen molar-refractivity contribution in [2.45, 2.75) is 25.7 Å². The Bertz CT molecular complexity index is 518. The first-order valence-corrected chi connectivity index (χ1v) is 7.23. The standard InChI is InChI=1S/C13H12BrNS/c14-13-12(15-8-16-13)11-6-5-9-3-1-2-4-10(9)7-11/h5-8H,1-4H2. The lowest BCUT2D eigenvalue weighted by Gasteiger charge is -2.16. The molecule has 0 saturated heterocycles. The second-order valence-corrected chi connectivity index (χ2v) is 6.34. The average Bonchev–Trinajstić information content (AvgIpc) is 2.75. The Morgan fingerprint density at radius 1 is 1.12 bits per heavy atom. The van der Waals surface area contributed by atoms with Gasteiger partial charge in [0.05, 0.1) is 15.0 Å². The Labute approximate surface area is 108 Å². The van der Waals surface area contributed by atoms with Gasteiger partial charge in [-0.05, 0) is 58.8 Å². The van der Waals surface area contributed by atoms with Gasteiger partial charge in [-0.3, -0.25) is 0 Å². The quantitative estimate of drug-likeness (QED) is 0.757. The highest BCUT2D eigenvalue weighted by Gasteiger charge is 2.12. The summed E-state index contributed by atoms with van der Waals surface area (Å²) in [6.45, 7) is 0. The third-order valence-electron chi connectivity index (χ3n) is 3.15. The minimum Gasteiger partial charge on any atom is -0.243 e.